The summed E-state index contributed by atoms with van der Waals surface area (Å²) in [7, 11) is -3.96. The van der Waals surface area contributed by atoms with E-state index < -0.39 is 15.7 Å². The lowest BCUT2D eigenvalue weighted by molar-refractivity contribution is 0.0740. The number of thioether (sulfide) groups is 1. The number of nitrogens with one attached hydrogen (secondary N) is 1. The summed E-state index contributed by atoms with van der Waals surface area (Å²) < 4.78 is 28.3. The topological polar surface area (TPSA) is 99.7 Å². The number of pyridine rings is 1. The van der Waals surface area contributed by atoms with Gasteiger partial charge in [-0.05, 0) is 71.1 Å². The molecule has 2 amide bonds. The van der Waals surface area contributed by atoms with Crippen molar-refractivity contribution >= 4 is 65.8 Å². The van der Waals surface area contributed by atoms with E-state index in [0.29, 0.717) is 38.5 Å². The number of rotatable bonds is 9. The van der Waals surface area contributed by atoms with Crippen molar-refractivity contribution in [1.29, 1.82) is 0 Å². The van der Waals surface area contributed by atoms with Crippen LogP contribution in [0.25, 0.3) is 10.8 Å². The molecule has 3 aromatic carbocycles. The maximum Gasteiger partial charge on any atom is 0.254 e. The van der Waals surface area contributed by atoms with E-state index in [9.17, 15) is 18.0 Å². The molecule has 42 heavy (non-hydrogen) atoms. The molecule has 8 nitrogen and oxygen atoms in total. The van der Waals surface area contributed by atoms with E-state index in [4.69, 9.17) is 0 Å². The highest BCUT2D eigenvalue weighted by Crippen LogP contribution is 2.28. The average Bonchev–Trinajstić information content (AvgIpc) is 3.02. The van der Waals surface area contributed by atoms with E-state index in [-0.39, 0.29) is 26.8 Å². The number of nitrogens with zero attached hydrogens (tertiary/aromatic N) is 3. The fourth-order valence-electron chi connectivity index (χ4n) is 4.93. The minimum atomic E-state index is -3.96. The smallest absolute Gasteiger partial charge is 0.254 e. The van der Waals surface area contributed by atoms with Crippen LogP contribution in [0.2, 0.25) is 0 Å². The minimum Gasteiger partial charge on any atom is -0.368 e. The lowest BCUT2D eigenvalue weighted by atomic mass is 10.0. The van der Waals surface area contributed by atoms with Gasteiger partial charge in [0.05, 0.1) is 20.9 Å². The van der Waals surface area contributed by atoms with Gasteiger partial charge in [0.15, 0.2) is 0 Å². The highest BCUT2D eigenvalue weighted by Gasteiger charge is 2.28. The molecule has 0 aliphatic carbocycles. The number of anilines is 1. The third-order valence-corrected chi connectivity index (χ3v) is 10.3. The highest BCUT2D eigenvalue weighted by molar-refractivity contribution is 9.10. The SMILES string of the molecule is CCSCCNC(=O)c1cc(S(=O)(=O)c2ccc3cc(Br)ccc3c2)ccc1C(=O)N1CCN(c2ccncc2)CC1. The largest absolute Gasteiger partial charge is 0.368 e. The number of carbonyl (C=O) groups excluding carboxylic acids is 2. The maximum atomic E-state index is 13.7. The molecule has 0 saturated carbocycles. The van der Waals surface area contributed by atoms with E-state index in [2.05, 4.69) is 31.1 Å². The molecule has 4 aromatic rings. The molecular weight excluding hydrogens is 636 g/mol. The van der Waals surface area contributed by atoms with Crippen LogP contribution < -0.4 is 10.2 Å². The van der Waals surface area contributed by atoms with Crippen molar-refractivity contribution in [3.63, 3.8) is 0 Å². The molecule has 2 heterocycles. The van der Waals surface area contributed by atoms with Crippen molar-refractivity contribution < 1.29 is 18.0 Å². The summed E-state index contributed by atoms with van der Waals surface area (Å²) in [5.74, 6) is 0.874. The minimum absolute atomic E-state index is 0.0360. The molecule has 5 rings (SSSR count). The molecule has 1 aliphatic heterocycles. The molecule has 11 heteroatoms. The summed E-state index contributed by atoms with van der Waals surface area (Å²) in [4.78, 5) is 35.1. The number of fused-ring (bicyclic) bond motifs is 1. The Bertz CT molecular complexity index is 1710. The van der Waals surface area contributed by atoms with Crippen LogP contribution in [-0.4, -0.2) is 74.3 Å². The fourth-order valence-corrected chi connectivity index (χ4v) is 7.17. The van der Waals surface area contributed by atoms with Gasteiger partial charge in [0.1, 0.15) is 0 Å². The number of benzene rings is 3. The van der Waals surface area contributed by atoms with E-state index >= 15 is 0 Å². The normalized spacial score (nSPS) is 13.8. The summed E-state index contributed by atoms with van der Waals surface area (Å²) in [6.45, 7) is 4.67. The van der Waals surface area contributed by atoms with Gasteiger partial charge < -0.3 is 15.1 Å². The highest BCUT2D eigenvalue weighted by atomic mass is 79.9. The number of hydrogen-bond donors (Lipinski definition) is 1. The summed E-state index contributed by atoms with van der Waals surface area (Å²) in [5.41, 5.74) is 1.29. The number of aromatic nitrogens is 1. The van der Waals surface area contributed by atoms with Gasteiger partial charge in [0, 0.05) is 61.0 Å². The second-order valence-corrected chi connectivity index (χ2v) is 14.1. The van der Waals surface area contributed by atoms with Gasteiger partial charge in [-0.3, -0.25) is 14.6 Å². The van der Waals surface area contributed by atoms with Crippen LogP contribution in [0.15, 0.2) is 93.4 Å². The van der Waals surface area contributed by atoms with Gasteiger partial charge >= 0.3 is 0 Å². The first kappa shape index (κ1) is 30.1. The molecule has 1 aliphatic rings. The van der Waals surface area contributed by atoms with Gasteiger partial charge in [0.25, 0.3) is 11.8 Å². The number of amides is 2. The van der Waals surface area contributed by atoms with Crippen molar-refractivity contribution in [3.05, 3.63) is 94.7 Å². The van der Waals surface area contributed by atoms with E-state index in [1.165, 1.54) is 18.2 Å². The molecule has 0 unspecified atom stereocenters. The second kappa shape index (κ2) is 13.3. The van der Waals surface area contributed by atoms with Gasteiger partial charge in [-0.2, -0.15) is 11.8 Å². The molecule has 1 saturated heterocycles. The zero-order chi connectivity index (χ0) is 29.7. The fraction of sp³-hybridized carbons (Fsp3) is 0.258. The molecule has 0 bridgehead atoms. The Kier molecular flexibility index (Phi) is 9.50. The van der Waals surface area contributed by atoms with Crippen LogP contribution in [0.5, 0.6) is 0 Å². The molecular formula is C31H31BrN4O4S2. The molecule has 0 spiro atoms. The van der Waals surface area contributed by atoms with Crippen LogP contribution in [0.4, 0.5) is 5.69 Å². The van der Waals surface area contributed by atoms with E-state index in [0.717, 1.165) is 26.7 Å². The number of carbonyl (C=O) groups is 2. The van der Waals surface area contributed by atoms with Crippen LogP contribution in [0, 0.1) is 0 Å². The second-order valence-electron chi connectivity index (χ2n) is 9.80. The predicted octanol–water partition coefficient (Wildman–Crippen LogP) is 5.28. The van der Waals surface area contributed by atoms with Crippen molar-refractivity contribution in [1.82, 2.24) is 15.2 Å². The number of sulfone groups is 1. The van der Waals surface area contributed by atoms with Crippen LogP contribution in [-0.2, 0) is 9.84 Å². The first-order valence-corrected chi connectivity index (χ1v) is 17.1. The van der Waals surface area contributed by atoms with Crippen molar-refractivity contribution in [2.24, 2.45) is 0 Å². The first-order valence-electron chi connectivity index (χ1n) is 13.7. The number of halogens is 1. The standard InChI is InChI=1S/C31H31BrN4O4S2/c1-2-41-18-13-34-30(37)29-21-27(42(39,40)26-6-4-22-19-24(32)5-3-23(22)20-26)7-8-28(29)31(38)36-16-14-35(15-17-36)25-9-11-33-12-10-25/h3-12,19-21H,2,13-18H2,1H3,(H,34,37). The lowest BCUT2D eigenvalue weighted by Crippen LogP contribution is -2.49. The summed E-state index contributed by atoms with van der Waals surface area (Å²) >= 11 is 5.13. The zero-order valence-corrected chi connectivity index (χ0v) is 26.3. The van der Waals surface area contributed by atoms with E-state index in [1.54, 1.807) is 47.3 Å². The Morgan fingerprint density at radius 1 is 0.881 bits per heavy atom. The molecule has 0 radical (unpaired) electrons. The van der Waals surface area contributed by atoms with Gasteiger partial charge in [-0.15, -0.1) is 0 Å². The van der Waals surface area contributed by atoms with Crippen LogP contribution in [0.3, 0.4) is 0 Å². The Labute approximate surface area is 258 Å². The Hall–Kier alpha value is -3.41. The Morgan fingerprint density at radius 3 is 2.29 bits per heavy atom. The summed E-state index contributed by atoms with van der Waals surface area (Å²) in [6.07, 6.45) is 3.48. The molecule has 0 atom stereocenters. The molecule has 218 valence electrons. The van der Waals surface area contributed by atoms with Crippen LogP contribution >= 0.6 is 27.7 Å². The predicted molar refractivity (Wildman–Crippen MR) is 171 cm³/mol. The summed E-state index contributed by atoms with van der Waals surface area (Å²) in [5, 5.41) is 4.55. The molecule has 1 N–H and O–H groups in total. The summed E-state index contributed by atoms with van der Waals surface area (Å²) in [6, 6.07) is 18.7. The van der Waals surface area contributed by atoms with Crippen LogP contribution in [0.1, 0.15) is 27.6 Å². The average molecular weight is 668 g/mol. The van der Waals surface area contributed by atoms with Crippen molar-refractivity contribution in [3.8, 4) is 0 Å². The number of piperazine rings is 1. The Balaban J connectivity index is 1.43. The quantitative estimate of drug-likeness (QED) is 0.243. The third-order valence-electron chi connectivity index (χ3n) is 7.19. The Morgan fingerprint density at radius 2 is 1.55 bits per heavy atom. The maximum absolute atomic E-state index is 13.7. The van der Waals surface area contributed by atoms with E-state index in [1.807, 2.05) is 37.3 Å². The van der Waals surface area contributed by atoms with Crippen molar-refractivity contribution in [2.75, 3.05) is 49.1 Å². The van der Waals surface area contributed by atoms with Gasteiger partial charge in [-0.25, -0.2) is 8.42 Å². The zero-order valence-electron chi connectivity index (χ0n) is 23.1. The number of hydrogen-bond acceptors (Lipinski definition) is 7. The lowest BCUT2D eigenvalue weighted by Gasteiger charge is -2.36. The molecule has 1 aromatic heterocycles. The van der Waals surface area contributed by atoms with Crippen molar-refractivity contribution in [2.45, 2.75) is 16.7 Å². The first-order chi connectivity index (χ1) is 20.3. The van der Waals surface area contributed by atoms with Gasteiger partial charge in [0.2, 0.25) is 9.84 Å². The monoisotopic (exact) mass is 666 g/mol. The van der Waals surface area contributed by atoms with Gasteiger partial charge in [-0.1, -0.05) is 35.0 Å². The molecule has 1 fully saturated rings. The third kappa shape index (κ3) is 6.63.